The van der Waals surface area contributed by atoms with Crippen molar-refractivity contribution in [3.05, 3.63) is 64.4 Å². The molecule has 0 spiro atoms. The molecule has 0 amide bonds. The molecule has 3 N–H and O–H groups in total. The minimum Gasteiger partial charge on any atom is -0.497 e. The second-order valence-corrected chi connectivity index (χ2v) is 8.14. The van der Waals surface area contributed by atoms with E-state index in [1.807, 2.05) is 28.9 Å². The van der Waals surface area contributed by atoms with E-state index in [4.69, 9.17) is 17.0 Å². The highest BCUT2D eigenvalue weighted by atomic mass is 32.1. The number of H-pyrrole nitrogens is 1. The van der Waals surface area contributed by atoms with E-state index in [2.05, 4.69) is 41.3 Å². The van der Waals surface area contributed by atoms with Crippen LogP contribution in [0.4, 0.5) is 0 Å². The van der Waals surface area contributed by atoms with Crippen LogP contribution in [0.1, 0.15) is 11.1 Å². The molecule has 0 aliphatic carbocycles. The van der Waals surface area contributed by atoms with Crippen molar-refractivity contribution in [3.63, 3.8) is 0 Å². The maximum absolute atomic E-state index is 5.49. The lowest BCUT2D eigenvalue weighted by atomic mass is 10.1. The van der Waals surface area contributed by atoms with Crippen LogP contribution in [0.25, 0.3) is 11.4 Å². The highest BCUT2D eigenvalue weighted by molar-refractivity contribution is 7.71. The monoisotopic (exact) mass is 411 g/mol. The summed E-state index contributed by atoms with van der Waals surface area (Å²) in [6, 6.07) is 16.6. The molecule has 1 aromatic heterocycles. The number of rotatable bonds is 6. The van der Waals surface area contributed by atoms with Crippen LogP contribution >= 0.6 is 12.2 Å². The summed E-state index contributed by atoms with van der Waals surface area (Å²) in [5, 5.41) is 3.37. The Kier molecular flexibility index (Phi) is 6.08. The number of aryl methyl sites for hydroxylation is 1. The van der Waals surface area contributed by atoms with Gasteiger partial charge in [-0.1, -0.05) is 24.3 Å². The van der Waals surface area contributed by atoms with Gasteiger partial charge in [0.15, 0.2) is 12.5 Å². The van der Waals surface area contributed by atoms with Gasteiger partial charge in [0.2, 0.25) is 4.77 Å². The summed E-state index contributed by atoms with van der Waals surface area (Å²) in [5.41, 5.74) is 3.87. The number of quaternary nitrogens is 2. The Balaban J connectivity index is 1.35. The fraction of sp³-hybridized carbons (Fsp3) is 0.364. The second-order valence-electron chi connectivity index (χ2n) is 7.77. The van der Waals surface area contributed by atoms with Gasteiger partial charge in [0.05, 0.1) is 7.11 Å². The minimum absolute atomic E-state index is 0.609. The molecule has 1 aliphatic rings. The third kappa shape index (κ3) is 4.75. The molecular formula is C22H29N5OS+2. The van der Waals surface area contributed by atoms with Gasteiger partial charge in [0.25, 0.3) is 0 Å². The van der Waals surface area contributed by atoms with E-state index < -0.39 is 0 Å². The normalized spacial score (nSPS) is 19.2. The van der Waals surface area contributed by atoms with Gasteiger partial charge >= 0.3 is 0 Å². The summed E-state index contributed by atoms with van der Waals surface area (Å²) in [6.45, 7) is 8.79. The van der Waals surface area contributed by atoms with Gasteiger partial charge in [0.1, 0.15) is 38.5 Å². The SMILES string of the molecule is COc1ccc(-c2nc(=S)n(C[NH+]3CC[NH+](Cc4ccccc4C)CC3)[nH]2)cc1. The first-order valence-electron chi connectivity index (χ1n) is 10.2. The van der Waals surface area contributed by atoms with E-state index in [1.165, 1.54) is 24.2 Å². The minimum atomic E-state index is 0.609. The van der Waals surface area contributed by atoms with Crippen LogP contribution in [0.3, 0.4) is 0 Å². The second kappa shape index (κ2) is 8.90. The zero-order valence-electron chi connectivity index (χ0n) is 17.1. The van der Waals surface area contributed by atoms with Crippen molar-refractivity contribution in [3.8, 4) is 17.1 Å². The number of aromatic amines is 1. The summed E-state index contributed by atoms with van der Waals surface area (Å²) >= 11 is 5.49. The maximum atomic E-state index is 5.49. The molecular weight excluding hydrogens is 382 g/mol. The molecule has 2 aromatic carbocycles. The first kappa shape index (κ1) is 19.8. The van der Waals surface area contributed by atoms with Crippen molar-refractivity contribution >= 4 is 12.2 Å². The van der Waals surface area contributed by atoms with E-state index in [0.717, 1.165) is 43.4 Å². The number of nitrogens with zero attached hydrogens (tertiary/aromatic N) is 2. The zero-order chi connectivity index (χ0) is 20.2. The van der Waals surface area contributed by atoms with E-state index in [0.29, 0.717) is 4.77 Å². The first-order chi connectivity index (χ1) is 14.1. The van der Waals surface area contributed by atoms with Crippen LogP contribution in [0.15, 0.2) is 48.5 Å². The van der Waals surface area contributed by atoms with Crippen molar-refractivity contribution in [2.24, 2.45) is 0 Å². The summed E-state index contributed by atoms with van der Waals surface area (Å²) in [6.07, 6.45) is 0. The number of aromatic nitrogens is 3. The molecule has 2 heterocycles. The quantitative estimate of drug-likeness (QED) is 0.528. The third-order valence-electron chi connectivity index (χ3n) is 5.79. The largest absolute Gasteiger partial charge is 0.497 e. The topological polar surface area (TPSA) is 51.7 Å². The average molecular weight is 412 g/mol. The third-order valence-corrected chi connectivity index (χ3v) is 6.10. The predicted molar refractivity (Wildman–Crippen MR) is 116 cm³/mol. The smallest absolute Gasteiger partial charge is 0.221 e. The molecule has 1 saturated heterocycles. The van der Waals surface area contributed by atoms with Crippen LogP contribution in [-0.4, -0.2) is 48.1 Å². The van der Waals surface area contributed by atoms with Crippen molar-refractivity contribution < 1.29 is 14.5 Å². The Morgan fingerprint density at radius 3 is 2.41 bits per heavy atom. The lowest BCUT2D eigenvalue weighted by Crippen LogP contribution is -3.27. The average Bonchev–Trinajstić information content (AvgIpc) is 3.11. The van der Waals surface area contributed by atoms with E-state index in [1.54, 1.807) is 16.9 Å². The number of ether oxygens (including phenoxy) is 1. The van der Waals surface area contributed by atoms with Crippen molar-refractivity contribution in [1.29, 1.82) is 0 Å². The lowest BCUT2D eigenvalue weighted by molar-refractivity contribution is -1.03. The molecule has 29 heavy (non-hydrogen) atoms. The van der Waals surface area contributed by atoms with Gasteiger partial charge in [-0.05, 0) is 49.0 Å². The Morgan fingerprint density at radius 1 is 1.03 bits per heavy atom. The summed E-state index contributed by atoms with van der Waals surface area (Å²) in [4.78, 5) is 7.75. The van der Waals surface area contributed by atoms with Gasteiger partial charge in [-0.2, -0.15) is 4.98 Å². The van der Waals surface area contributed by atoms with E-state index in [-0.39, 0.29) is 0 Å². The van der Waals surface area contributed by atoms with Crippen LogP contribution in [0, 0.1) is 11.7 Å². The van der Waals surface area contributed by atoms with Crippen molar-refractivity contribution in [2.45, 2.75) is 20.1 Å². The van der Waals surface area contributed by atoms with Gasteiger partial charge in [-0.25, -0.2) is 4.68 Å². The Labute approximate surface area is 176 Å². The van der Waals surface area contributed by atoms with Crippen molar-refractivity contribution in [2.75, 3.05) is 33.3 Å². The molecule has 152 valence electrons. The molecule has 0 unspecified atom stereocenters. The molecule has 0 bridgehead atoms. The Hall–Kier alpha value is -2.48. The fourth-order valence-electron chi connectivity index (χ4n) is 3.94. The van der Waals surface area contributed by atoms with Crippen LogP contribution in [0.5, 0.6) is 5.75 Å². The highest BCUT2D eigenvalue weighted by Gasteiger charge is 2.24. The van der Waals surface area contributed by atoms with Crippen LogP contribution in [0.2, 0.25) is 0 Å². The number of hydrogen-bond acceptors (Lipinski definition) is 3. The van der Waals surface area contributed by atoms with Gasteiger partial charge in [-0.15, -0.1) is 0 Å². The predicted octanol–water partition coefficient (Wildman–Crippen LogP) is 0.866. The molecule has 0 radical (unpaired) electrons. The molecule has 4 rings (SSSR count). The van der Waals surface area contributed by atoms with Gasteiger partial charge in [0, 0.05) is 11.1 Å². The number of piperazine rings is 1. The molecule has 1 fully saturated rings. The summed E-state index contributed by atoms with van der Waals surface area (Å²) in [5.74, 6) is 1.64. The first-order valence-corrected chi connectivity index (χ1v) is 10.6. The number of benzene rings is 2. The molecule has 0 saturated carbocycles. The number of methoxy groups -OCH3 is 1. The van der Waals surface area contributed by atoms with Crippen LogP contribution < -0.4 is 14.5 Å². The molecule has 3 aromatic rings. The number of hydrogen-bond donors (Lipinski definition) is 3. The lowest BCUT2D eigenvalue weighted by Gasteiger charge is -2.29. The van der Waals surface area contributed by atoms with Gasteiger partial charge in [-0.3, -0.25) is 5.10 Å². The molecule has 6 nitrogen and oxygen atoms in total. The maximum Gasteiger partial charge on any atom is 0.221 e. The van der Waals surface area contributed by atoms with Gasteiger partial charge < -0.3 is 14.5 Å². The summed E-state index contributed by atoms with van der Waals surface area (Å²) < 4.78 is 7.83. The standard InChI is InChI=1S/C22H27N5OS/c1-17-5-3-4-6-19(17)15-25-11-13-26(14-12-25)16-27-22(29)23-21(24-27)18-7-9-20(28-2)10-8-18/h3-10H,11-16H2,1-2H3,(H,23,24,29)/p+2. The Bertz CT molecular complexity index is 1000. The molecule has 1 aliphatic heterocycles. The highest BCUT2D eigenvalue weighted by Crippen LogP contribution is 2.18. The fourth-order valence-corrected chi connectivity index (χ4v) is 4.14. The molecule has 7 heteroatoms. The van der Waals surface area contributed by atoms with Crippen LogP contribution in [-0.2, 0) is 13.2 Å². The molecule has 0 atom stereocenters. The summed E-state index contributed by atoms with van der Waals surface area (Å²) in [7, 11) is 1.67. The van der Waals surface area contributed by atoms with Crippen molar-refractivity contribution in [1.82, 2.24) is 14.8 Å². The zero-order valence-corrected chi connectivity index (χ0v) is 17.9. The van der Waals surface area contributed by atoms with E-state index >= 15 is 0 Å². The number of nitrogens with one attached hydrogen (secondary N) is 3. The van der Waals surface area contributed by atoms with E-state index in [9.17, 15) is 0 Å². The Morgan fingerprint density at radius 2 is 1.72 bits per heavy atom.